The molecule has 0 saturated heterocycles. The normalized spacial score (nSPS) is 20.2. The lowest BCUT2D eigenvalue weighted by atomic mass is 9.77. The molecule has 1 aliphatic rings. The number of hydrogen-bond donors (Lipinski definition) is 2. The molecule has 2 nitrogen and oxygen atoms in total. The number of aliphatic hydroxyl groups is 1. The van der Waals surface area contributed by atoms with Crippen molar-refractivity contribution in [1.82, 2.24) is 0 Å². The molecular weight excluding hydrogens is 245 g/mol. The molecule has 1 aromatic rings. The van der Waals surface area contributed by atoms with Crippen LogP contribution in [0, 0.1) is 5.92 Å². The summed E-state index contributed by atoms with van der Waals surface area (Å²) >= 11 is 12.1. The highest BCUT2D eigenvalue weighted by Gasteiger charge is 2.32. The Labute approximate surface area is 105 Å². The van der Waals surface area contributed by atoms with Crippen molar-refractivity contribution in [3.63, 3.8) is 0 Å². The molecule has 0 unspecified atom stereocenters. The van der Waals surface area contributed by atoms with Gasteiger partial charge in [0.1, 0.15) is 0 Å². The summed E-state index contributed by atoms with van der Waals surface area (Å²) in [6.07, 6.45) is 2.70. The maximum atomic E-state index is 10.1. The Morgan fingerprint density at radius 3 is 2.25 bits per heavy atom. The zero-order valence-electron chi connectivity index (χ0n) is 8.87. The van der Waals surface area contributed by atoms with Crippen molar-refractivity contribution in [2.24, 2.45) is 11.7 Å². The molecule has 16 heavy (non-hydrogen) atoms. The number of hydrogen-bond acceptors (Lipinski definition) is 2. The summed E-state index contributed by atoms with van der Waals surface area (Å²) in [5.41, 5.74) is 6.69. The van der Waals surface area contributed by atoms with Gasteiger partial charge in [-0.2, -0.15) is 0 Å². The fourth-order valence-electron chi connectivity index (χ4n) is 2.07. The van der Waals surface area contributed by atoms with E-state index in [1.807, 2.05) is 0 Å². The molecule has 1 aromatic carbocycles. The predicted octanol–water partition coefficient (Wildman–Crippen LogP) is 3.15. The summed E-state index contributed by atoms with van der Waals surface area (Å²) in [6, 6.07) is 4.77. The SMILES string of the molecule is N[C@@H](c1c(Cl)cccc1Cl)[C@H](O)C1CCC1. The molecule has 0 aromatic heterocycles. The first-order valence-electron chi connectivity index (χ1n) is 5.49. The van der Waals surface area contributed by atoms with Crippen LogP contribution in [0.1, 0.15) is 30.9 Å². The molecule has 3 N–H and O–H groups in total. The Kier molecular flexibility index (Phi) is 3.75. The largest absolute Gasteiger partial charge is 0.391 e. The third-order valence-corrected chi connectivity index (χ3v) is 3.99. The molecule has 1 saturated carbocycles. The van der Waals surface area contributed by atoms with E-state index in [-0.39, 0.29) is 0 Å². The van der Waals surface area contributed by atoms with Crippen LogP contribution >= 0.6 is 23.2 Å². The van der Waals surface area contributed by atoms with Crippen LogP contribution in [0.3, 0.4) is 0 Å². The lowest BCUT2D eigenvalue weighted by Gasteiger charge is -2.34. The third kappa shape index (κ3) is 2.21. The van der Waals surface area contributed by atoms with Gasteiger partial charge in [0.15, 0.2) is 0 Å². The lowest BCUT2D eigenvalue weighted by molar-refractivity contribution is 0.0414. The minimum atomic E-state index is -0.550. The second-order valence-electron chi connectivity index (χ2n) is 4.34. The number of nitrogens with two attached hydrogens (primary N) is 1. The summed E-state index contributed by atoms with van der Waals surface area (Å²) in [4.78, 5) is 0. The highest BCUT2D eigenvalue weighted by atomic mass is 35.5. The quantitative estimate of drug-likeness (QED) is 0.876. The molecule has 0 bridgehead atoms. The zero-order valence-corrected chi connectivity index (χ0v) is 10.4. The molecule has 0 aliphatic heterocycles. The molecule has 4 heteroatoms. The first-order valence-corrected chi connectivity index (χ1v) is 6.24. The number of benzene rings is 1. The molecule has 2 rings (SSSR count). The number of rotatable bonds is 3. The molecule has 0 radical (unpaired) electrons. The second kappa shape index (κ2) is 4.92. The fourth-order valence-corrected chi connectivity index (χ4v) is 2.72. The van der Waals surface area contributed by atoms with Crippen LogP contribution in [0.2, 0.25) is 10.0 Å². The summed E-state index contributed by atoms with van der Waals surface area (Å²) in [6.45, 7) is 0. The van der Waals surface area contributed by atoms with Gasteiger partial charge in [0.25, 0.3) is 0 Å². The van der Waals surface area contributed by atoms with E-state index in [1.54, 1.807) is 18.2 Å². The van der Waals surface area contributed by atoms with Crippen molar-refractivity contribution in [2.75, 3.05) is 0 Å². The number of aliphatic hydroxyl groups excluding tert-OH is 1. The Morgan fingerprint density at radius 2 is 1.81 bits per heavy atom. The standard InChI is InChI=1S/C12H15Cl2NO/c13-8-5-2-6-9(14)10(8)11(15)12(16)7-3-1-4-7/h2,5-7,11-12,16H,1,3-4,15H2/t11-,12+/m0/s1. The lowest BCUT2D eigenvalue weighted by Crippen LogP contribution is -2.36. The summed E-state index contributed by atoms with van der Waals surface area (Å²) < 4.78 is 0. The third-order valence-electron chi connectivity index (χ3n) is 3.33. The van der Waals surface area contributed by atoms with Gasteiger partial charge in [0.05, 0.1) is 12.1 Å². The van der Waals surface area contributed by atoms with E-state index >= 15 is 0 Å². The minimum Gasteiger partial charge on any atom is -0.391 e. The highest BCUT2D eigenvalue weighted by molar-refractivity contribution is 6.36. The molecule has 2 atom stereocenters. The van der Waals surface area contributed by atoms with Gasteiger partial charge in [-0.1, -0.05) is 35.7 Å². The molecule has 0 amide bonds. The van der Waals surface area contributed by atoms with Crippen LogP contribution < -0.4 is 5.73 Å². The first-order chi connectivity index (χ1) is 7.61. The molecule has 1 fully saturated rings. The van der Waals surface area contributed by atoms with Gasteiger partial charge in [0.2, 0.25) is 0 Å². The molecule has 0 heterocycles. The Hall–Kier alpha value is -0.280. The van der Waals surface area contributed by atoms with Crippen LogP contribution in [-0.2, 0) is 0 Å². The van der Waals surface area contributed by atoms with Crippen LogP contribution in [-0.4, -0.2) is 11.2 Å². The average molecular weight is 260 g/mol. The van der Waals surface area contributed by atoms with Crippen molar-refractivity contribution in [2.45, 2.75) is 31.4 Å². The van der Waals surface area contributed by atoms with E-state index in [1.165, 1.54) is 6.42 Å². The average Bonchev–Trinajstić information content (AvgIpc) is 2.14. The fraction of sp³-hybridized carbons (Fsp3) is 0.500. The van der Waals surface area contributed by atoms with Gasteiger partial charge >= 0.3 is 0 Å². The monoisotopic (exact) mass is 259 g/mol. The van der Waals surface area contributed by atoms with E-state index in [4.69, 9.17) is 28.9 Å². The Balaban J connectivity index is 2.22. The predicted molar refractivity (Wildman–Crippen MR) is 66.7 cm³/mol. The molecular formula is C12H15Cl2NO. The van der Waals surface area contributed by atoms with Gasteiger partial charge in [-0.25, -0.2) is 0 Å². The van der Waals surface area contributed by atoms with Crippen molar-refractivity contribution in [1.29, 1.82) is 0 Å². The summed E-state index contributed by atoms with van der Waals surface area (Å²) in [5, 5.41) is 11.2. The van der Waals surface area contributed by atoms with E-state index < -0.39 is 12.1 Å². The van der Waals surface area contributed by atoms with Crippen LogP contribution in [0.15, 0.2) is 18.2 Å². The van der Waals surface area contributed by atoms with Crippen LogP contribution in [0.25, 0.3) is 0 Å². The van der Waals surface area contributed by atoms with E-state index in [0.29, 0.717) is 21.5 Å². The maximum Gasteiger partial charge on any atom is 0.0761 e. The Morgan fingerprint density at radius 1 is 1.25 bits per heavy atom. The van der Waals surface area contributed by atoms with Gasteiger partial charge in [0, 0.05) is 15.6 Å². The van der Waals surface area contributed by atoms with Gasteiger partial charge < -0.3 is 10.8 Å². The smallest absolute Gasteiger partial charge is 0.0761 e. The highest BCUT2D eigenvalue weighted by Crippen LogP contribution is 2.38. The van der Waals surface area contributed by atoms with Crippen LogP contribution in [0.4, 0.5) is 0 Å². The van der Waals surface area contributed by atoms with Gasteiger partial charge in [-0.15, -0.1) is 0 Å². The van der Waals surface area contributed by atoms with Gasteiger partial charge in [-0.05, 0) is 30.9 Å². The molecule has 1 aliphatic carbocycles. The number of halogens is 2. The van der Waals surface area contributed by atoms with Crippen molar-refractivity contribution < 1.29 is 5.11 Å². The van der Waals surface area contributed by atoms with E-state index in [9.17, 15) is 5.11 Å². The summed E-state index contributed by atoms with van der Waals surface area (Å²) in [5.74, 6) is 0.294. The Bertz CT molecular complexity index is 359. The topological polar surface area (TPSA) is 46.2 Å². The van der Waals surface area contributed by atoms with Crippen molar-refractivity contribution in [3.05, 3.63) is 33.8 Å². The van der Waals surface area contributed by atoms with Crippen molar-refractivity contribution >= 4 is 23.2 Å². The van der Waals surface area contributed by atoms with Crippen LogP contribution in [0.5, 0.6) is 0 Å². The molecule has 88 valence electrons. The molecule has 0 spiro atoms. The van der Waals surface area contributed by atoms with Gasteiger partial charge in [-0.3, -0.25) is 0 Å². The zero-order chi connectivity index (χ0) is 11.7. The first kappa shape index (κ1) is 12.2. The second-order valence-corrected chi connectivity index (χ2v) is 5.16. The summed E-state index contributed by atoms with van der Waals surface area (Å²) in [7, 11) is 0. The van der Waals surface area contributed by atoms with E-state index in [0.717, 1.165) is 12.8 Å². The van der Waals surface area contributed by atoms with E-state index in [2.05, 4.69) is 0 Å². The maximum absolute atomic E-state index is 10.1. The van der Waals surface area contributed by atoms with Crippen molar-refractivity contribution in [3.8, 4) is 0 Å². The minimum absolute atomic E-state index is 0.294.